The van der Waals surface area contributed by atoms with Crippen LogP contribution < -0.4 is 0 Å². The van der Waals surface area contributed by atoms with Gasteiger partial charge in [0.2, 0.25) is 0 Å². The first-order chi connectivity index (χ1) is 13.7. The first kappa shape index (κ1) is 19.5. The summed E-state index contributed by atoms with van der Waals surface area (Å²) >= 11 is 0. The molecule has 0 aliphatic carbocycles. The van der Waals surface area contributed by atoms with E-state index < -0.39 is 11.6 Å². The maximum absolute atomic E-state index is 14.3. The molecule has 28 heavy (non-hydrogen) atoms. The fourth-order valence-corrected chi connectivity index (χ4v) is 3.83. The molecule has 0 radical (unpaired) electrons. The average Bonchev–Trinajstić information content (AvgIpc) is 3.07. The van der Waals surface area contributed by atoms with Crippen LogP contribution in [-0.4, -0.2) is 67.0 Å². The van der Waals surface area contributed by atoms with Crippen LogP contribution in [0.2, 0.25) is 0 Å². The van der Waals surface area contributed by atoms with Gasteiger partial charge in [0.25, 0.3) is 0 Å². The highest BCUT2D eigenvalue weighted by atomic mass is 19.1. The van der Waals surface area contributed by atoms with Crippen LogP contribution in [0.3, 0.4) is 0 Å². The van der Waals surface area contributed by atoms with Crippen LogP contribution >= 0.6 is 0 Å². The molecule has 3 heterocycles. The molecular weight excluding hydrogens is 364 g/mol. The van der Waals surface area contributed by atoms with E-state index in [9.17, 15) is 8.78 Å². The number of ether oxygens (including phenoxy) is 2. The lowest BCUT2D eigenvalue weighted by molar-refractivity contribution is 0.0316. The first-order valence-electron chi connectivity index (χ1n) is 9.90. The highest BCUT2D eigenvalue weighted by molar-refractivity contribution is 5.24. The molecule has 0 spiro atoms. The number of hydrogen-bond donors (Lipinski definition) is 0. The summed E-state index contributed by atoms with van der Waals surface area (Å²) in [5.41, 5.74) is 2.80. The van der Waals surface area contributed by atoms with Gasteiger partial charge in [0.1, 0.15) is 11.6 Å². The summed E-state index contributed by atoms with van der Waals surface area (Å²) in [5, 5.41) is 0. The van der Waals surface area contributed by atoms with Gasteiger partial charge in [-0.25, -0.2) is 8.78 Å². The molecule has 7 heteroatoms. The lowest BCUT2D eigenvalue weighted by Crippen LogP contribution is -2.37. The second-order valence-electron chi connectivity index (χ2n) is 7.41. The molecule has 0 N–H and O–H groups in total. The van der Waals surface area contributed by atoms with E-state index in [0.29, 0.717) is 12.1 Å². The van der Waals surface area contributed by atoms with Crippen molar-refractivity contribution in [3.63, 3.8) is 0 Å². The molecular formula is C21H27F2N3O2. The van der Waals surface area contributed by atoms with Gasteiger partial charge in [-0.15, -0.1) is 0 Å². The quantitative estimate of drug-likeness (QED) is 0.757. The first-order valence-corrected chi connectivity index (χ1v) is 9.90. The smallest absolute Gasteiger partial charge is 0.131 e. The summed E-state index contributed by atoms with van der Waals surface area (Å²) in [7, 11) is 0. The van der Waals surface area contributed by atoms with Gasteiger partial charge in [0.15, 0.2) is 0 Å². The van der Waals surface area contributed by atoms with E-state index in [2.05, 4.69) is 26.5 Å². The monoisotopic (exact) mass is 391 g/mol. The third-order valence-electron chi connectivity index (χ3n) is 5.48. The Hall–Kier alpha value is -1.80. The molecule has 5 nitrogen and oxygen atoms in total. The van der Waals surface area contributed by atoms with E-state index in [4.69, 9.17) is 9.47 Å². The summed E-state index contributed by atoms with van der Waals surface area (Å²) in [4.78, 5) is 4.71. The van der Waals surface area contributed by atoms with Crippen LogP contribution in [0.15, 0.2) is 30.3 Å². The van der Waals surface area contributed by atoms with E-state index in [0.717, 1.165) is 83.2 Å². The maximum Gasteiger partial charge on any atom is 0.131 e. The number of aromatic nitrogens is 1. The average molecular weight is 391 g/mol. The van der Waals surface area contributed by atoms with Crippen LogP contribution in [-0.2, 0) is 29.1 Å². The van der Waals surface area contributed by atoms with Gasteiger partial charge in [0.05, 0.1) is 33.0 Å². The molecule has 0 saturated carbocycles. The van der Waals surface area contributed by atoms with Gasteiger partial charge in [0, 0.05) is 62.3 Å². The molecule has 4 rings (SSSR count). The van der Waals surface area contributed by atoms with E-state index in [1.54, 1.807) is 6.07 Å². The molecule has 2 aliphatic rings. The zero-order valence-electron chi connectivity index (χ0n) is 16.1. The number of benzene rings is 1. The Kier molecular flexibility index (Phi) is 6.36. The Labute approximate surface area is 164 Å². The lowest BCUT2D eigenvalue weighted by Gasteiger charge is -2.29. The molecule has 152 valence electrons. The molecule has 2 aliphatic heterocycles. The minimum Gasteiger partial charge on any atom is -0.379 e. The maximum atomic E-state index is 14.3. The summed E-state index contributed by atoms with van der Waals surface area (Å²) in [6, 6.07) is 8.09. The standard InChI is InChI=1S/C21H27F2N3O2/c22-18-2-1-17(21(23)13-18)14-26-19(15-24-5-9-27-10-6-24)3-4-20(26)16-25-7-11-28-12-8-25/h1-4,13H,5-12,14-16H2. The van der Waals surface area contributed by atoms with Crippen molar-refractivity contribution < 1.29 is 18.3 Å². The predicted molar refractivity (Wildman–Crippen MR) is 102 cm³/mol. The Morgan fingerprint density at radius 2 is 1.25 bits per heavy atom. The van der Waals surface area contributed by atoms with Crippen molar-refractivity contribution >= 4 is 0 Å². The fraction of sp³-hybridized carbons (Fsp3) is 0.524. The molecule has 0 amide bonds. The second-order valence-corrected chi connectivity index (χ2v) is 7.41. The molecule has 0 atom stereocenters. The van der Waals surface area contributed by atoms with E-state index >= 15 is 0 Å². The molecule has 0 unspecified atom stereocenters. The minimum absolute atomic E-state index is 0.401. The third kappa shape index (κ3) is 4.78. The highest BCUT2D eigenvalue weighted by Crippen LogP contribution is 2.20. The molecule has 2 aromatic rings. The Bertz CT molecular complexity index is 746. The molecule has 1 aromatic carbocycles. The van der Waals surface area contributed by atoms with E-state index in [1.807, 2.05) is 0 Å². The molecule has 0 bridgehead atoms. The summed E-state index contributed by atoms with van der Waals surface area (Å²) in [5.74, 6) is -1.04. The number of rotatable bonds is 6. The van der Waals surface area contributed by atoms with Gasteiger partial charge >= 0.3 is 0 Å². The number of hydrogen-bond acceptors (Lipinski definition) is 4. The lowest BCUT2D eigenvalue weighted by atomic mass is 10.2. The summed E-state index contributed by atoms with van der Waals surface area (Å²) in [6.45, 7) is 8.57. The van der Waals surface area contributed by atoms with E-state index in [1.165, 1.54) is 6.07 Å². The van der Waals surface area contributed by atoms with Gasteiger partial charge in [-0.3, -0.25) is 9.80 Å². The third-order valence-corrected chi connectivity index (χ3v) is 5.48. The van der Waals surface area contributed by atoms with Crippen LogP contribution in [0.5, 0.6) is 0 Å². The van der Waals surface area contributed by atoms with Gasteiger partial charge < -0.3 is 14.0 Å². The molecule has 2 saturated heterocycles. The van der Waals surface area contributed by atoms with Crippen LogP contribution in [0, 0.1) is 11.6 Å². The zero-order valence-corrected chi connectivity index (χ0v) is 16.1. The van der Waals surface area contributed by atoms with Crippen LogP contribution in [0.4, 0.5) is 8.78 Å². The van der Waals surface area contributed by atoms with Gasteiger partial charge in [-0.2, -0.15) is 0 Å². The Morgan fingerprint density at radius 3 is 1.75 bits per heavy atom. The number of morpholine rings is 2. The van der Waals surface area contributed by atoms with Crippen molar-refractivity contribution in [1.29, 1.82) is 0 Å². The summed E-state index contributed by atoms with van der Waals surface area (Å²) in [6.07, 6.45) is 0. The predicted octanol–water partition coefficient (Wildman–Crippen LogP) is 2.48. The van der Waals surface area contributed by atoms with Crippen molar-refractivity contribution in [1.82, 2.24) is 14.4 Å². The van der Waals surface area contributed by atoms with Crippen molar-refractivity contribution in [2.75, 3.05) is 52.6 Å². The normalized spacial score (nSPS) is 19.2. The van der Waals surface area contributed by atoms with Crippen molar-refractivity contribution in [3.8, 4) is 0 Å². The number of nitrogens with zero attached hydrogens (tertiary/aromatic N) is 3. The number of halogens is 2. The topological polar surface area (TPSA) is 29.9 Å². The van der Waals surface area contributed by atoms with Crippen molar-refractivity contribution in [2.45, 2.75) is 19.6 Å². The Balaban J connectivity index is 1.57. The highest BCUT2D eigenvalue weighted by Gasteiger charge is 2.19. The minimum atomic E-state index is -0.546. The zero-order chi connectivity index (χ0) is 19.3. The summed E-state index contributed by atoms with van der Waals surface area (Å²) < 4.78 is 40.7. The van der Waals surface area contributed by atoms with Gasteiger partial charge in [-0.05, 0) is 18.2 Å². The Morgan fingerprint density at radius 1 is 0.714 bits per heavy atom. The van der Waals surface area contributed by atoms with Crippen LogP contribution in [0.25, 0.3) is 0 Å². The second kappa shape index (κ2) is 9.13. The van der Waals surface area contributed by atoms with E-state index in [-0.39, 0.29) is 0 Å². The van der Waals surface area contributed by atoms with Crippen molar-refractivity contribution in [3.05, 3.63) is 58.9 Å². The van der Waals surface area contributed by atoms with Gasteiger partial charge in [-0.1, -0.05) is 6.07 Å². The molecule has 1 aromatic heterocycles. The molecule has 2 fully saturated rings. The fourth-order valence-electron chi connectivity index (χ4n) is 3.83. The largest absolute Gasteiger partial charge is 0.379 e. The SMILES string of the molecule is Fc1ccc(Cn2c(CN3CCOCC3)ccc2CN2CCOCC2)c(F)c1. The van der Waals surface area contributed by atoms with Crippen LogP contribution in [0.1, 0.15) is 17.0 Å². The van der Waals surface area contributed by atoms with Crippen molar-refractivity contribution in [2.24, 2.45) is 0 Å².